The van der Waals surface area contributed by atoms with Crippen LogP contribution in [-0.2, 0) is 0 Å². The molecule has 7 heteroatoms. The van der Waals surface area contributed by atoms with Crippen LogP contribution in [0.3, 0.4) is 0 Å². The summed E-state index contributed by atoms with van der Waals surface area (Å²) in [6.45, 7) is 0. The highest BCUT2D eigenvalue weighted by Gasteiger charge is 2.24. The molecule has 0 aliphatic heterocycles. The van der Waals surface area contributed by atoms with Crippen LogP contribution in [-0.4, -0.2) is 38.5 Å². The SMILES string of the molecule is N#CCC(O)C(O)c1cc(C(=O)O)ccc1C(=O)O. The van der Waals surface area contributed by atoms with E-state index in [1.807, 2.05) is 0 Å². The van der Waals surface area contributed by atoms with Gasteiger partial charge in [-0.15, -0.1) is 0 Å². The molecule has 0 amide bonds. The molecule has 1 aromatic rings. The van der Waals surface area contributed by atoms with Gasteiger partial charge in [0.2, 0.25) is 0 Å². The molecule has 4 N–H and O–H groups in total. The number of aromatic carboxylic acids is 2. The second-order valence-electron chi connectivity index (χ2n) is 3.79. The molecule has 0 fully saturated rings. The van der Waals surface area contributed by atoms with E-state index in [9.17, 15) is 19.8 Å². The summed E-state index contributed by atoms with van der Waals surface area (Å²) in [7, 11) is 0. The Labute approximate surface area is 108 Å². The van der Waals surface area contributed by atoms with E-state index in [2.05, 4.69) is 0 Å². The normalized spacial score (nSPS) is 13.3. The maximum absolute atomic E-state index is 11.0. The molecule has 0 saturated heterocycles. The zero-order chi connectivity index (χ0) is 14.6. The molecular formula is C12H11NO6. The number of carbonyl (C=O) groups is 2. The van der Waals surface area contributed by atoms with Gasteiger partial charge in [-0.2, -0.15) is 5.26 Å². The molecule has 2 unspecified atom stereocenters. The first-order chi connectivity index (χ1) is 8.88. The van der Waals surface area contributed by atoms with Gasteiger partial charge in [0, 0.05) is 0 Å². The maximum atomic E-state index is 11.0. The Morgan fingerprint density at radius 3 is 2.32 bits per heavy atom. The van der Waals surface area contributed by atoms with E-state index in [1.54, 1.807) is 6.07 Å². The number of carboxylic acid groups (broad SMARTS) is 2. The molecule has 0 spiro atoms. The number of benzene rings is 1. The number of nitriles is 1. The molecule has 0 aromatic heterocycles. The summed E-state index contributed by atoms with van der Waals surface area (Å²) < 4.78 is 0. The fraction of sp³-hybridized carbons (Fsp3) is 0.250. The van der Waals surface area contributed by atoms with Crippen molar-refractivity contribution in [3.63, 3.8) is 0 Å². The largest absolute Gasteiger partial charge is 0.478 e. The zero-order valence-electron chi connectivity index (χ0n) is 9.65. The minimum Gasteiger partial charge on any atom is -0.478 e. The average molecular weight is 265 g/mol. The minimum atomic E-state index is -1.65. The van der Waals surface area contributed by atoms with Gasteiger partial charge in [-0.25, -0.2) is 9.59 Å². The van der Waals surface area contributed by atoms with Gasteiger partial charge in [0.25, 0.3) is 0 Å². The molecule has 1 rings (SSSR count). The Kier molecular flexibility index (Phi) is 4.58. The van der Waals surface area contributed by atoms with Crippen LogP contribution in [0.4, 0.5) is 0 Å². The van der Waals surface area contributed by atoms with E-state index in [1.165, 1.54) is 0 Å². The molecule has 7 nitrogen and oxygen atoms in total. The first-order valence-corrected chi connectivity index (χ1v) is 5.22. The van der Waals surface area contributed by atoms with Gasteiger partial charge >= 0.3 is 11.9 Å². The highest BCUT2D eigenvalue weighted by atomic mass is 16.4. The predicted molar refractivity (Wildman–Crippen MR) is 61.6 cm³/mol. The van der Waals surface area contributed by atoms with Gasteiger partial charge in [0.1, 0.15) is 6.10 Å². The van der Waals surface area contributed by atoms with Gasteiger partial charge in [-0.05, 0) is 23.8 Å². The van der Waals surface area contributed by atoms with E-state index < -0.39 is 30.6 Å². The first kappa shape index (κ1) is 14.6. The van der Waals surface area contributed by atoms with Crippen molar-refractivity contribution < 1.29 is 30.0 Å². The van der Waals surface area contributed by atoms with Crippen LogP contribution in [0.25, 0.3) is 0 Å². The van der Waals surface area contributed by atoms with Crippen LogP contribution in [0.5, 0.6) is 0 Å². The molecule has 0 aliphatic rings. The number of aliphatic hydroxyl groups is 2. The Hall–Kier alpha value is -2.43. The molecule has 0 bridgehead atoms. The second-order valence-corrected chi connectivity index (χ2v) is 3.79. The Bertz CT molecular complexity index is 548. The van der Waals surface area contributed by atoms with E-state index in [-0.39, 0.29) is 16.7 Å². The Morgan fingerprint density at radius 1 is 1.21 bits per heavy atom. The van der Waals surface area contributed by atoms with Crippen LogP contribution in [0.15, 0.2) is 18.2 Å². The van der Waals surface area contributed by atoms with Crippen molar-refractivity contribution in [1.82, 2.24) is 0 Å². The number of hydrogen-bond donors (Lipinski definition) is 4. The number of nitrogens with zero attached hydrogens (tertiary/aromatic N) is 1. The highest BCUT2D eigenvalue weighted by molar-refractivity contribution is 5.93. The molecule has 0 aliphatic carbocycles. The van der Waals surface area contributed by atoms with Crippen LogP contribution in [0, 0.1) is 11.3 Å². The lowest BCUT2D eigenvalue weighted by Gasteiger charge is -2.18. The summed E-state index contributed by atoms with van der Waals surface area (Å²) >= 11 is 0. The lowest BCUT2D eigenvalue weighted by atomic mass is 9.95. The molecule has 0 saturated carbocycles. The lowest BCUT2D eigenvalue weighted by molar-refractivity contribution is 0.0204. The van der Waals surface area contributed by atoms with E-state index in [0.29, 0.717) is 0 Å². The van der Waals surface area contributed by atoms with Gasteiger partial charge in [-0.1, -0.05) is 0 Å². The topological polar surface area (TPSA) is 139 Å². The van der Waals surface area contributed by atoms with Crippen LogP contribution < -0.4 is 0 Å². The van der Waals surface area contributed by atoms with Crippen LogP contribution in [0.2, 0.25) is 0 Å². The summed E-state index contributed by atoms with van der Waals surface area (Å²) in [4.78, 5) is 21.8. The molecule has 0 radical (unpaired) electrons. The van der Waals surface area contributed by atoms with Crippen molar-refractivity contribution >= 4 is 11.9 Å². The van der Waals surface area contributed by atoms with E-state index >= 15 is 0 Å². The fourth-order valence-electron chi connectivity index (χ4n) is 1.55. The Morgan fingerprint density at radius 2 is 1.84 bits per heavy atom. The number of hydrogen-bond acceptors (Lipinski definition) is 5. The molecule has 1 aromatic carbocycles. The van der Waals surface area contributed by atoms with E-state index in [4.69, 9.17) is 15.5 Å². The van der Waals surface area contributed by atoms with Crippen molar-refractivity contribution in [2.75, 3.05) is 0 Å². The van der Waals surface area contributed by atoms with Crippen molar-refractivity contribution in [3.8, 4) is 6.07 Å². The fourth-order valence-corrected chi connectivity index (χ4v) is 1.55. The average Bonchev–Trinajstić information content (AvgIpc) is 2.37. The summed E-state index contributed by atoms with van der Waals surface area (Å²) in [5.41, 5.74) is -0.784. The summed E-state index contributed by atoms with van der Waals surface area (Å²) in [5, 5.41) is 45.5. The molecule has 2 atom stereocenters. The van der Waals surface area contributed by atoms with Gasteiger partial charge in [0.15, 0.2) is 0 Å². The van der Waals surface area contributed by atoms with Gasteiger partial charge in [0.05, 0.1) is 29.7 Å². The van der Waals surface area contributed by atoms with Crippen LogP contribution in [0.1, 0.15) is 38.8 Å². The van der Waals surface area contributed by atoms with Gasteiger partial charge in [-0.3, -0.25) is 0 Å². The van der Waals surface area contributed by atoms with Crippen molar-refractivity contribution in [3.05, 3.63) is 34.9 Å². The molecule has 0 heterocycles. The van der Waals surface area contributed by atoms with Crippen molar-refractivity contribution in [2.24, 2.45) is 0 Å². The van der Waals surface area contributed by atoms with Crippen molar-refractivity contribution in [2.45, 2.75) is 18.6 Å². The summed E-state index contributed by atoms with van der Waals surface area (Å²) in [6, 6.07) is 4.71. The zero-order valence-corrected chi connectivity index (χ0v) is 9.65. The quantitative estimate of drug-likeness (QED) is 0.603. The first-order valence-electron chi connectivity index (χ1n) is 5.22. The Balaban J connectivity index is 3.28. The number of rotatable bonds is 5. The minimum absolute atomic E-state index is 0.219. The van der Waals surface area contributed by atoms with E-state index in [0.717, 1.165) is 18.2 Å². The van der Waals surface area contributed by atoms with Gasteiger partial charge < -0.3 is 20.4 Å². The number of aliphatic hydroxyl groups excluding tert-OH is 2. The molecule has 19 heavy (non-hydrogen) atoms. The lowest BCUT2D eigenvalue weighted by Crippen LogP contribution is -2.20. The summed E-state index contributed by atoms with van der Waals surface area (Å²) in [6.07, 6.45) is -3.55. The summed E-state index contributed by atoms with van der Waals surface area (Å²) in [5.74, 6) is -2.66. The third-order valence-corrected chi connectivity index (χ3v) is 2.51. The standard InChI is InChI=1S/C12H11NO6/c13-4-3-9(14)10(15)8-5-6(11(16)17)1-2-7(8)12(18)19/h1-2,5,9-10,14-15H,3H2,(H,16,17)(H,18,19). The predicted octanol–water partition coefficient (Wildman–Crippen LogP) is 0.391. The molecule has 100 valence electrons. The third kappa shape index (κ3) is 3.28. The monoisotopic (exact) mass is 265 g/mol. The van der Waals surface area contributed by atoms with Crippen molar-refractivity contribution in [1.29, 1.82) is 5.26 Å². The smallest absolute Gasteiger partial charge is 0.336 e. The number of carboxylic acids is 2. The second kappa shape index (κ2) is 5.95. The van der Waals surface area contributed by atoms with Crippen LogP contribution >= 0.6 is 0 Å². The maximum Gasteiger partial charge on any atom is 0.336 e. The highest BCUT2D eigenvalue weighted by Crippen LogP contribution is 2.24. The third-order valence-electron chi connectivity index (χ3n) is 2.51. The molecular weight excluding hydrogens is 254 g/mol.